The lowest BCUT2D eigenvalue weighted by molar-refractivity contribution is 0.415. The van der Waals surface area contributed by atoms with E-state index >= 15 is 0 Å². The quantitative estimate of drug-likeness (QED) is 0.805. The van der Waals surface area contributed by atoms with Crippen LogP contribution in [-0.2, 0) is 0 Å². The maximum absolute atomic E-state index is 9.46. The minimum atomic E-state index is 0.335. The molecule has 0 radical (unpaired) electrons. The topological polar surface area (TPSA) is 76.9 Å². The molecule has 0 saturated heterocycles. The average Bonchev–Trinajstić information content (AvgIpc) is 2.92. The molecule has 2 aromatic carbocycles. The van der Waals surface area contributed by atoms with Gasteiger partial charge in [0.15, 0.2) is 0 Å². The molecule has 0 atom stereocenters. The Labute approximate surface area is 134 Å². The van der Waals surface area contributed by atoms with Crippen molar-refractivity contribution < 1.29 is 4.74 Å². The lowest BCUT2D eigenvalue weighted by Gasteiger charge is -2.04. The summed E-state index contributed by atoms with van der Waals surface area (Å²) in [6.07, 6.45) is 0. The minimum absolute atomic E-state index is 0.335. The van der Waals surface area contributed by atoms with E-state index in [0.29, 0.717) is 17.1 Å². The molecule has 0 saturated carbocycles. The first kappa shape index (κ1) is 14.7. The number of hydrogen-bond donors (Lipinski definition) is 1. The van der Waals surface area contributed by atoms with Crippen molar-refractivity contribution >= 4 is 5.82 Å². The molecule has 0 fully saturated rings. The highest BCUT2D eigenvalue weighted by Gasteiger charge is 2.18. The third-order valence-electron chi connectivity index (χ3n) is 3.67. The highest BCUT2D eigenvalue weighted by atomic mass is 16.5. The van der Waals surface area contributed by atoms with Crippen LogP contribution in [0.15, 0.2) is 48.5 Å². The maximum Gasteiger partial charge on any atom is 0.145 e. The highest BCUT2D eigenvalue weighted by molar-refractivity contribution is 5.74. The first-order valence-electron chi connectivity index (χ1n) is 7.14. The van der Waals surface area contributed by atoms with Crippen LogP contribution in [0.5, 0.6) is 5.75 Å². The average molecular weight is 304 g/mol. The third kappa shape index (κ3) is 2.62. The number of nitrogen functional groups attached to an aromatic ring is 1. The molecule has 0 aliphatic heterocycles. The van der Waals surface area contributed by atoms with Crippen LogP contribution in [0, 0.1) is 18.3 Å². The van der Waals surface area contributed by atoms with Gasteiger partial charge in [-0.05, 0) is 43.3 Å². The number of rotatable bonds is 3. The Kier molecular flexibility index (Phi) is 3.73. The Morgan fingerprint density at radius 2 is 1.74 bits per heavy atom. The Balaban J connectivity index is 2.12. The zero-order valence-corrected chi connectivity index (χ0v) is 12.9. The number of benzene rings is 2. The second-order valence-electron chi connectivity index (χ2n) is 5.20. The molecule has 0 aliphatic rings. The Morgan fingerprint density at radius 1 is 1.09 bits per heavy atom. The molecule has 5 heteroatoms. The predicted molar refractivity (Wildman–Crippen MR) is 89.4 cm³/mol. The number of nitrogens with two attached hydrogens (primary N) is 1. The normalized spacial score (nSPS) is 10.3. The molecular weight excluding hydrogens is 288 g/mol. The summed E-state index contributed by atoms with van der Waals surface area (Å²) in [5.41, 5.74) is 9.86. The summed E-state index contributed by atoms with van der Waals surface area (Å²) in [4.78, 5) is 0. The molecule has 0 amide bonds. The van der Waals surface area contributed by atoms with Crippen molar-refractivity contribution in [2.24, 2.45) is 0 Å². The lowest BCUT2D eigenvalue weighted by atomic mass is 10.1. The van der Waals surface area contributed by atoms with Crippen LogP contribution in [0.25, 0.3) is 16.9 Å². The number of nitrogens with zero attached hydrogens (tertiary/aromatic N) is 3. The number of hydrogen-bond acceptors (Lipinski definition) is 4. The molecule has 0 spiro atoms. The van der Waals surface area contributed by atoms with Gasteiger partial charge >= 0.3 is 0 Å². The van der Waals surface area contributed by atoms with E-state index in [1.165, 1.54) is 0 Å². The summed E-state index contributed by atoms with van der Waals surface area (Å²) in [6.45, 7) is 2.01. The summed E-state index contributed by atoms with van der Waals surface area (Å²) < 4.78 is 6.75. The van der Waals surface area contributed by atoms with Crippen LogP contribution in [0.3, 0.4) is 0 Å². The first-order valence-corrected chi connectivity index (χ1v) is 7.14. The Morgan fingerprint density at radius 3 is 2.30 bits per heavy atom. The molecule has 3 aromatic rings. The van der Waals surface area contributed by atoms with Crippen molar-refractivity contribution in [1.29, 1.82) is 5.26 Å². The van der Waals surface area contributed by atoms with E-state index in [9.17, 15) is 5.26 Å². The molecule has 1 aromatic heterocycles. The van der Waals surface area contributed by atoms with Crippen molar-refractivity contribution in [2.75, 3.05) is 12.8 Å². The summed E-state index contributed by atoms with van der Waals surface area (Å²) in [6, 6.07) is 17.4. The standard InChI is InChI=1S/C18H16N4O/c1-12-3-7-14(8-4-12)22-18(20)16(11-19)17(21-22)13-5-9-15(23-2)10-6-13/h3-10H,20H2,1-2H3. The number of aromatic nitrogens is 2. The van der Waals surface area contributed by atoms with Crippen LogP contribution in [0.2, 0.25) is 0 Å². The molecule has 0 unspecified atom stereocenters. The number of methoxy groups -OCH3 is 1. The van der Waals surface area contributed by atoms with Gasteiger partial charge < -0.3 is 10.5 Å². The van der Waals surface area contributed by atoms with Gasteiger partial charge in [0.2, 0.25) is 0 Å². The van der Waals surface area contributed by atoms with Gasteiger partial charge in [0, 0.05) is 5.56 Å². The molecule has 3 rings (SSSR count). The number of anilines is 1. The largest absolute Gasteiger partial charge is 0.497 e. The second kappa shape index (κ2) is 5.85. The van der Waals surface area contributed by atoms with Crippen LogP contribution in [0.4, 0.5) is 5.82 Å². The Bertz CT molecular complexity index is 871. The molecule has 114 valence electrons. The van der Waals surface area contributed by atoms with E-state index < -0.39 is 0 Å². The summed E-state index contributed by atoms with van der Waals surface area (Å²) in [7, 11) is 1.61. The van der Waals surface area contributed by atoms with Gasteiger partial charge in [0.1, 0.15) is 28.9 Å². The molecule has 23 heavy (non-hydrogen) atoms. The van der Waals surface area contributed by atoms with E-state index in [1.54, 1.807) is 11.8 Å². The molecular formula is C18H16N4O. The van der Waals surface area contributed by atoms with E-state index in [0.717, 1.165) is 22.6 Å². The van der Waals surface area contributed by atoms with Gasteiger partial charge in [-0.3, -0.25) is 0 Å². The van der Waals surface area contributed by atoms with E-state index in [4.69, 9.17) is 10.5 Å². The van der Waals surface area contributed by atoms with Gasteiger partial charge in [-0.2, -0.15) is 10.4 Å². The lowest BCUT2D eigenvalue weighted by Crippen LogP contribution is -2.02. The summed E-state index contributed by atoms with van der Waals surface area (Å²) in [5, 5.41) is 14.0. The molecule has 5 nitrogen and oxygen atoms in total. The zero-order chi connectivity index (χ0) is 16.4. The summed E-state index contributed by atoms with van der Waals surface area (Å²) in [5.74, 6) is 1.08. The number of nitriles is 1. The number of aryl methyl sites for hydroxylation is 1. The van der Waals surface area contributed by atoms with Gasteiger partial charge in [0.25, 0.3) is 0 Å². The zero-order valence-electron chi connectivity index (χ0n) is 12.9. The first-order chi connectivity index (χ1) is 11.1. The SMILES string of the molecule is COc1ccc(-c2nn(-c3ccc(C)cc3)c(N)c2C#N)cc1. The second-order valence-corrected chi connectivity index (χ2v) is 5.20. The highest BCUT2D eigenvalue weighted by Crippen LogP contribution is 2.29. The molecule has 0 bridgehead atoms. The van der Waals surface area contributed by atoms with Crippen molar-refractivity contribution in [2.45, 2.75) is 6.92 Å². The minimum Gasteiger partial charge on any atom is -0.497 e. The fraction of sp³-hybridized carbons (Fsp3) is 0.111. The fourth-order valence-corrected chi connectivity index (χ4v) is 2.38. The summed E-state index contributed by atoms with van der Waals surface area (Å²) >= 11 is 0. The predicted octanol–water partition coefficient (Wildman–Crippen LogP) is 3.31. The van der Waals surface area contributed by atoms with Crippen LogP contribution in [-0.4, -0.2) is 16.9 Å². The van der Waals surface area contributed by atoms with Crippen molar-refractivity contribution in [3.8, 4) is 28.8 Å². The van der Waals surface area contributed by atoms with Gasteiger partial charge in [-0.25, -0.2) is 4.68 Å². The fourth-order valence-electron chi connectivity index (χ4n) is 2.38. The van der Waals surface area contributed by atoms with E-state index in [2.05, 4.69) is 11.2 Å². The number of ether oxygens (including phenoxy) is 1. The smallest absolute Gasteiger partial charge is 0.145 e. The molecule has 2 N–H and O–H groups in total. The van der Waals surface area contributed by atoms with Crippen LogP contribution >= 0.6 is 0 Å². The van der Waals surface area contributed by atoms with Crippen LogP contribution in [0.1, 0.15) is 11.1 Å². The van der Waals surface area contributed by atoms with Gasteiger partial charge in [-0.1, -0.05) is 17.7 Å². The Hall–Kier alpha value is -3.26. The van der Waals surface area contributed by atoms with E-state index in [-0.39, 0.29) is 0 Å². The third-order valence-corrected chi connectivity index (χ3v) is 3.67. The van der Waals surface area contributed by atoms with Gasteiger partial charge in [0.05, 0.1) is 12.8 Å². The van der Waals surface area contributed by atoms with E-state index in [1.807, 2.05) is 55.5 Å². The monoisotopic (exact) mass is 304 g/mol. The van der Waals surface area contributed by atoms with Crippen LogP contribution < -0.4 is 10.5 Å². The van der Waals surface area contributed by atoms with Crippen molar-refractivity contribution in [1.82, 2.24) is 9.78 Å². The maximum atomic E-state index is 9.46. The van der Waals surface area contributed by atoms with Crippen molar-refractivity contribution in [3.63, 3.8) is 0 Å². The van der Waals surface area contributed by atoms with Gasteiger partial charge in [-0.15, -0.1) is 0 Å². The van der Waals surface area contributed by atoms with Crippen molar-refractivity contribution in [3.05, 3.63) is 59.7 Å². The molecule has 1 heterocycles. The molecule has 0 aliphatic carbocycles.